The van der Waals surface area contributed by atoms with Crippen molar-refractivity contribution in [2.75, 3.05) is 13.1 Å². The van der Waals surface area contributed by atoms with E-state index in [0.29, 0.717) is 0 Å². The van der Waals surface area contributed by atoms with Crippen molar-refractivity contribution in [2.45, 2.75) is 38.1 Å². The molecule has 0 bridgehead atoms. The summed E-state index contributed by atoms with van der Waals surface area (Å²) in [5.41, 5.74) is 2.99. The maximum atomic E-state index is 2.70. The highest BCUT2D eigenvalue weighted by Crippen LogP contribution is 2.29. The second kappa shape index (κ2) is 5.05. The molecule has 1 aromatic rings. The largest absolute Gasteiger partial charge is 0.300 e. The molecule has 1 heterocycles. The van der Waals surface area contributed by atoms with Crippen molar-refractivity contribution in [1.82, 2.24) is 4.90 Å². The van der Waals surface area contributed by atoms with Crippen LogP contribution in [0.15, 0.2) is 35.9 Å². The molecule has 0 aromatic heterocycles. The molecule has 2 fully saturated rings. The van der Waals surface area contributed by atoms with Gasteiger partial charge in [-0.25, -0.2) is 0 Å². The van der Waals surface area contributed by atoms with Crippen LogP contribution in [0.4, 0.5) is 0 Å². The molecule has 0 radical (unpaired) electrons. The molecule has 1 aliphatic carbocycles. The van der Waals surface area contributed by atoms with Crippen molar-refractivity contribution in [2.24, 2.45) is 0 Å². The Morgan fingerprint density at radius 1 is 1.00 bits per heavy atom. The topological polar surface area (TPSA) is 3.24 Å². The molecule has 1 saturated heterocycles. The van der Waals surface area contributed by atoms with Crippen LogP contribution in [0.1, 0.15) is 37.7 Å². The highest BCUT2D eigenvalue weighted by Gasteiger charge is 2.26. The lowest BCUT2D eigenvalue weighted by molar-refractivity contribution is 0.118. The quantitative estimate of drug-likeness (QED) is 0.744. The first-order valence-corrected chi connectivity index (χ1v) is 6.90. The van der Waals surface area contributed by atoms with E-state index in [1.54, 1.807) is 5.57 Å². The Hall–Kier alpha value is -1.08. The monoisotopic (exact) mass is 227 g/mol. The Balaban J connectivity index is 1.59. The van der Waals surface area contributed by atoms with Gasteiger partial charge in [-0.3, -0.25) is 4.90 Å². The number of hydrogen-bond donors (Lipinski definition) is 0. The third-order valence-electron chi connectivity index (χ3n) is 4.20. The molecule has 1 saturated carbocycles. The fraction of sp³-hybridized carbons (Fsp3) is 0.500. The smallest absolute Gasteiger partial charge is 0.00955 e. The molecule has 0 amide bonds. The zero-order chi connectivity index (χ0) is 11.5. The van der Waals surface area contributed by atoms with Gasteiger partial charge in [0, 0.05) is 19.1 Å². The van der Waals surface area contributed by atoms with Crippen molar-refractivity contribution in [1.29, 1.82) is 0 Å². The molecule has 0 spiro atoms. The summed E-state index contributed by atoms with van der Waals surface area (Å²) < 4.78 is 0. The van der Waals surface area contributed by atoms with Crippen LogP contribution in [0.5, 0.6) is 0 Å². The number of rotatable bonds is 2. The Morgan fingerprint density at radius 3 is 2.29 bits per heavy atom. The van der Waals surface area contributed by atoms with E-state index >= 15 is 0 Å². The van der Waals surface area contributed by atoms with E-state index < -0.39 is 0 Å². The lowest BCUT2D eigenvalue weighted by atomic mass is 9.89. The second-order valence-corrected chi connectivity index (χ2v) is 5.33. The molecule has 1 heteroatoms. The van der Waals surface area contributed by atoms with Crippen LogP contribution < -0.4 is 0 Å². The van der Waals surface area contributed by atoms with Gasteiger partial charge in [-0.2, -0.15) is 0 Å². The van der Waals surface area contributed by atoms with Crippen LogP contribution >= 0.6 is 0 Å². The molecular formula is C16H21N. The fourth-order valence-corrected chi connectivity index (χ4v) is 2.86. The number of likely N-dealkylation sites (tertiary alicyclic amines) is 1. The minimum Gasteiger partial charge on any atom is -0.300 e. The van der Waals surface area contributed by atoms with E-state index in [0.717, 1.165) is 6.04 Å². The van der Waals surface area contributed by atoms with Crippen molar-refractivity contribution in [3.05, 3.63) is 41.5 Å². The molecule has 0 unspecified atom stereocenters. The highest BCUT2D eigenvalue weighted by molar-refractivity contribution is 5.52. The predicted octanol–water partition coefficient (Wildman–Crippen LogP) is 3.72. The summed E-state index contributed by atoms with van der Waals surface area (Å²) in [6, 6.07) is 11.7. The van der Waals surface area contributed by atoms with Crippen LogP contribution in [0, 0.1) is 0 Å². The van der Waals surface area contributed by atoms with Crippen LogP contribution in [0.25, 0.3) is 6.08 Å². The van der Waals surface area contributed by atoms with Crippen LogP contribution in [-0.2, 0) is 0 Å². The lowest BCUT2D eigenvalue weighted by Gasteiger charge is -2.40. The lowest BCUT2D eigenvalue weighted by Crippen LogP contribution is -2.43. The van der Waals surface area contributed by atoms with Gasteiger partial charge in [-0.1, -0.05) is 48.4 Å². The average molecular weight is 227 g/mol. The van der Waals surface area contributed by atoms with E-state index in [9.17, 15) is 0 Å². The van der Waals surface area contributed by atoms with Crippen molar-refractivity contribution < 1.29 is 0 Å². The molecular weight excluding hydrogens is 206 g/mol. The van der Waals surface area contributed by atoms with Gasteiger partial charge in [0.15, 0.2) is 0 Å². The first-order valence-electron chi connectivity index (χ1n) is 6.90. The summed E-state index contributed by atoms with van der Waals surface area (Å²) in [6.07, 6.45) is 9.26. The minimum absolute atomic E-state index is 0.924. The van der Waals surface area contributed by atoms with Gasteiger partial charge >= 0.3 is 0 Å². The summed E-state index contributed by atoms with van der Waals surface area (Å²) in [5, 5.41) is 0. The average Bonchev–Trinajstić information content (AvgIpc) is 2.31. The van der Waals surface area contributed by atoms with E-state index in [-0.39, 0.29) is 0 Å². The standard InChI is InChI=1S/C16H21N/c1-2-5-14(6-3-1)13-15-9-11-17(12-10-15)16-7-4-8-16/h1-3,5-6,13,16H,4,7-12H2. The molecule has 1 aliphatic heterocycles. The van der Waals surface area contributed by atoms with Gasteiger partial charge in [0.1, 0.15) is 0 Å². The molecule has 0 atom stereocenters. The Bertz CT molecular complexity index is 379. The number of piperidine rings is 1. The first-order chi connectivity index (χ1) is 8.42. The van der Waals surface area contributed by atoms with Crippen molar-refractivity contribution in [3.63, 3.8) is 0 Å². The van der Waals surface area contributed by atoms with Gasteiger partial charge < -0.3 is 0 Å². The normalized spacial score (nSPS) is 22.2. The maximum absolute atomic E-state index is 2.70. The zero-order valence-electron chi connectivity index (χ0n) is 10.4. The third kappa shape index (κ3) is 2.61. The van der Waals surface area contributed by atoms with Crippen LogP contribution in [-0.4, -0.2) is 24.0 Å². The zero-order valence-corrected chi connectivity index (χ0v) is 10.4. The molecule has 90 valence electrons. The third-order valence-corrected chi connectivity index (χ3v) is 4.20. The Morgan fingerprint density at radius 2 is 1.71 bits per heavy atom. The van der Waals surface area contributed by atoms with E-state index in [1.165, 1.54) is 50.8 Å². The van der Waals surface area contributed by atoms with Gasteiger partial charge in [-0.15, -0.1) is 0 Å². The molecule has 2 aliphatic rings. The molecule has 1 nitrogen and oxygen atoms in total. The number of hydrogen-bond acceptors (Lipinski definition) is 1. The summed E-state index contributed by atoms with van der Waals surface area (Å²) >= 11 is 0. The molecule has 1 aromatic carbocycles. The number of benzene rings is 1. The summed E-state index contributed by atoms with van der Waals surface area (Å²) in [7, 11) is 0. The summed E-state index contributed by atoms with van der Waals surface area (Å²) in [4.78, 5) is 2.70. The van der Waals surface area contributed by atoms with Gasteiger partial charge in [0.05, 0.1) is 0 Å². The summed E-state index contributed by atoms with van der Waals surface area (Å²) in [6.45, 7) is 2.56. The van der Waals surface area contributed by atoms with Crippen LogP contribution in [0.3, 0.4) is 0 Å². The maximum Gasteiger partial charge on any atom is 0.00955 e. The highest BCUT2D eigenvalue weighted by atomic mass is 15.2. The van der Waals surface area contributed by atoms with Crippen molar-refractivity contribution >= 4 is 6.08 Å². The van der Waals surface area contributed by atoms with Gasteiger partial charge in [0.2, 0.25) is 0 Å². The minimum atomic E-state index is 0.924. The van der Waals surface area contributed by atoms with E-state index in [4.69, 9.17) is 0 Å². The van der Waals surface area contributed by atoms with Gasteiger partial charge in [-0.05, 0) is 31.2 Å². The Kier molecular flexibility index (Phi) is 3.28. The van der Waals surface area contributed by atoms with Gasteiger partial charge in [0.25, 0.3) is 0 Å². The molecule has 17 heavy (non-hydrogen) atoms. The molecule has 0 N–H and O–H groups in total. The second-order valence-electron chi connectivity index (χ2n) is 5.33. The Labute approximate surface area is 104 Å². The van der Waals surface area contributed by atoms with Crippen molar-refractivity contribution in [3.8, 4) is 0 Å². The van der Waals surface area contributed by atoms with Crippen LogP contribution in [0.2, 0.25) is 0 Å². The van der Waals surface area contributed by atoms with E-state index in [2.05, 4.69) is 41.3 Å². The fourth-order valence-electron chi connectivity index (χ4n) is 2.86. The SMILES string of the molecule is C(=C1CCN(C2CCC2)CC1)c1ccccc1. The summed E-state index contributed by atoms with van der Waals surface area (Å²) in [5.74, 6) is 0. The molecule has 3 rings (SSSR count). The number of nitrogens with zero attached hydrogens (tertiary/aromatic N) is 1. The predicted molar refractivity (Wildman–Crippen MR) is 72.9 cm³/mol. The van der Waals surface area contributed by atoms with E-state index in [1.807, 2.05) is 0 Å². The first kappa shape index (κ1) is 11.0.